The highest BCUT2D eigenvalue weighted by atomic mass is 127. The van der Waals surface area contributed by atoms with Crippen molar-refractivity contribution in [1.29, 1.82) is 0 Å². The van der Waals surface area contributed by atoms with Gasteiger partial charge >= 0.3 is 0 Å². The maximum Gasteiger partial charge on any atom is 0.191 e. The van der Waals surface area contributed by atoms with Crippen molar-refractivity contribution >= 4 is 41.3 Å². The number of nitrogens with zero attached hydrogens (tertiary/aromatic N) is 2. The summed E-state index contributed by atoms with van der Waals surface area (Å²) in [5.41, 5.74) is 2.31. The summed E-state index contributed by atoms with van der Waals surface area (Å²) in [6, 6.07) is 10.9. The van der Waals surface area contributed by atoms with Crippen LogP contribution >= 0.6 is 35.3 Å². The zero-order chi connectivity index (χ0) is 20.6. The summed E-state index contributed by atoms with van der Waals surface area (Å²) in [7, 11) is 6.00. The van der Waals surface area contributed by atoms with E-state index in [-0.39, 0.29) is 30.1 Å². The number of guanidine groups is 1. The molecule has 2 aromatic rings. The Labute approximate surface area is 201 Å². The Bertz CT molecular complexity index is 792. The number of likely N-dealkylation sites (N-methyl/N-ethyl adjacent to an activating group) is 1. The summed E-state index contributed by atoms with van der Waals surface area (Å²) in [5, 5.41) is 9.00. The standard InChI is InChI=1S/C22H32N4O2S.HI/c1-16-7-8-17(20(12-16)28-18-9-10-27-15-18)13-24-22(23-2)25-14-19(26(3)4)21-6-5-11-29-21;/h5-8,11-12,18-19H,9-10,13-15H2,1-4H3,(H2,23,24,25);1H. The molecule has 1 aliphatic heterocycles. The van der Waals surface area contributed by atoms with Gasteiger partial charge in [0.15, 0.2) is 5.96 Å². The SMILES string of the molecule is CN=C(NCc1ccc(C)cc1OC1CCOC1)NCC(c1cccs1)N(C)C.I. The monoisotopic (exact) mass is 544 g/mol. The molecular formula is C22H33IN4O2S. The normalized spacial score (nSPS) is 17.5. The summed E-state index contributed by atoms with van der Waals surface area (Å²) in [6.45, 7) is 4.95. The number of hydrogen-bond acceptors (Lipinski definition) is 5. The number of rotatable bonds is 8. The summed E-state index contributed by atoms with van der Waals surface area (Å²) in [4.78, 5) is 7.95. The highest BCUT2D eigenvalue weighted by Gasteiger charge is 2.19. The van der Waals surface area contributed by atoms with Gasteiger partial charge in [-0.2, -0.15) is 0 Å². The van der Waals surface area contributed by atoms with Crippen LogP contribution in [0.15, 0.2) is 40.7 Å². The molecule has 2 heterocycles. The number of benzene rings is 1. The van der Waals surface area contributed by atoms with Crippen molar-refractivity contribution in [1.82, 2.24) is 15.5 Å². The molecule has 166 valence electrons. The lowest BCUT2D eigenvalue weighted by Gasteiger charge is -2.25. The minimum Gasteiger partial charge on any atom is -0.488 e. The van der Waals surface area contributed by atoms with Crippen LogP contribution in [0.5, 0.6) is 5.75 Å². The predicted molar refractivity (Wildman–Crippen MR) is 135 cm³/mol. The van der Waals surface area contributed by atoms with Crippen LogP contribution in [0.4, 0.5) is 0 Å². The van der Waals surface area contributed by atoms with E-state index in [9.17, 15) is 0 Å². The number of nitrogens with one attached hydrogen (secondary N) is 2. The predicted octanol–water partition coefficient (Wildman–Crippen LogP) is 3.81. The highest BCUT2D eigenvalue weighted by molar-refractivity contribution is 14.0. The van der Waals surface area contributed by atoms with Gasteiger partial charge in [0.25, 0.3) is 0 Å². The maximum absolute atomic E-state index is 6.20. The Kier molecular flexibility index (Phi) is 10.4. The third-order valence-electron chi connectivity index (χ3n) is 5.03. The van der Waals surface area contributed by atoms with Crippen molar-refractivity contribution in [3.05, 3.63) is 51.7 Å². The molecule has 2 N–H and O–H groups in total. The molecule has 0 bridgehead atoms. The van der Waals surface area contributed by atoms with Gasteiger partial charge in [0.2, 0.25) is 0 Å². The van der Waals surface area contributed by atoms with Crippen molar-refractivity contribution in [2.45, 2.75) is 32.0 Å². The molecule has 0 spiro atoms. The molecule has 0 amide bonds. The molecule has 0 aliphatic carbocycles. The van der Waals surface area contributed by atoms with Crippen molar-refractivity contribution in [2.24, 2.45) is 4.99 Å². The second-order valence-electron chi connectivity index (χ2n) is 7.52. The van der Waals surface area contributed by atoms with E-state index in [4.69, 9.17) is 9.47 Å². The molecule has 1 saturated heterocycles. The van der Waals surface area contributed by atoms with Crippen molar-refractivity contribution < 1.29 is 9.47 Å². The van der Waals surface area contributed by atoms with Crippen LogP contribution in [0.25, 0.3) is 0 Å². The Hall–Kier alpha value is -1.36. The van der Waals surface area contributed by atoms with Crippen LogP contribution in [-0.2, 0) is 11.3 Å². The molecule has 6 nitrogen and oxygen atoms in total. The van der Waals surface area contributed by atoms with E-state index in [2.05, 4.69) is 77.3 Å². The van der Waals surface area contributed by atoms with Gasteiger partial charge in [-0.15, -0.1) is 35.3 Å². The summed E-state index contributed by atoms with van der Waals surface area (Å²) in [5.74, 6) is 1.71. The summed E-state index contributed by atoms with van der Waals surface area (Å²) in [6.07, 6.45) is 1.08. The highest BCUT2D eigenvalue weighted by Crippen LogP contribution is 2.24. The van der Waals surface area contributed by atoms with E-state index in [1.807, 2.05) is 0 Å². The largest absolute Gasteiger partial charge is 0.488 e. The zero-order valence-electron chi connectivity index (χ0n) is 18.2. The van der Waals surface area contributed by atoms with Crippen LogP contribution in [0.2, 0.25) is 0 Å². The minimum atomic E-state index is 0. The van der Waals surface area contributed by atoms with E-state index in [0.29, 0.717) is 19.2 Å². The summed E-state index contributed by atoms with van der Waals surface area (Å²) >= 11 is 1.78. The minimum absolute atomic E-state index is 0. The van der Waals surface area contributed by atoms with E-state index < -0.39 is 0 Å². The maximum atomic E-state index is 6.20. The Morgan fingerprint density at radius 1 is 1.33 bits per heavy atom. The first-order valence-corrected chi connectivity index (χ1v) is 10.9. The molecule has 0 saturated carbocycles. The fourth-order valence-electron chi connectivity index (χ4n) is 3.31. The van der Waals surface area contributed by atoms with Crippen molar-refractivity contribution in [3.8, 4) is 5.75 Å². The fourth-order valence-corrected chi connectivity index (χ4v) is 4.24. The first kappa shape index (κ1) is 24.9. The number of halogens is 1. The number of thiophene rings is 1. The molecule has 0 radical (unpaired) electrons. The molecule has 1 fully saturated rings. The Morgan fingerprint density at radius 2 is 2.17 bits per heavy atom. The molecule has 30 heavy (non-hydrogen) atoms. The molecule has 1 aliphatic rings. The average Bonchev–Trinajstić information content (AvgIpc) is 3.40. The van der Waals surface area contributed by atoms with Gasteiger partial charge in [0.05, 0.1) is 19.3 Å². The van der Waals surface area contributed by atoms with Gasteiger partial charge in [-0.05, 0) is 44.1 Å². The molecule has 3 rings (SSSR count). The van der Waals surface area contributed by atoms with Gasteiger partial charge in [0, 0.05) is 37.0 Å². The first-order chi connectivity index (χ1) is 14.1. The molecule has 1 aromatic carbocycles. The lowest BCUT2D eigenvalue weighted by molar-refractivity contribution is 0.140. The zero-order valence-corrected chi connectivity index (χ0v) is 21.3. The Balaban J connectivity index is 0.00000320. The second kappa shape index (κ2) is 12.5. The molecule has 8 heteroatoms. The van der Waals surface area contributed by atoms with Gasteiger partial charge in [0.1, 0.15) is 11.9 Å². The second-order valence-corrected chi connectivity index (χ2v) is 8.50. The van der Waals surface area contributed by atoms with Crippen molar-refractivity contribution in [2.75, 3.05) is 40.9 Å². The van der Waals surface area contributed by atoms with E-state index in [0.717, 1.165) is 36.8 Å². The van der Waals surface area contributed by atoms with Crippen LogP contribution in [-0.4, -0.2) is 57.9 Å². The van der Waals surface area contributed by atoms with Gasteiger partial charge in [-0.1, -0.05) is 18.2 Å². The van der Waals surface area contributed by atoms with E-state index >= 15 is 0 Å². The van der Waals surface area contributed by atoms with Crippen LogP contribution in [0, 0.1) is 6.92 Å². The summed E-state index contributed by atoms with van der Waals surface area (Å²) < 4.78 is 11.6. The third-order valence-corrected chi connectivity index (χ3v) is 6.01. The fraction of sp³-hybridized carbons (Fsp3) is 0.500. The van der Waals surface area contributed by atoms with Crippen molar-refractivity contribution in [3.63, 3.8) is 0 Å². The number of aryl methyl sites for hydroxylation is 1. The van der Waals surface area contributed by atoms with E-state index in [1.54, 1.807) is 18.4 Å². The van der Waals surface area contributed by atoms with Gasteiger partial charge in [-0.3, -0.25) is 4.99 Å². The smallest absolute Gasteiger partial charge is 0.191 e. The van der Waals surface area contributed by atoms with Crippen LogP contribution in [0.3, 0.4) is 0 Å². The van der Waals surface area contributed by atoms with E-state index in [1.165, 1.54) is 10.4 Å². The lowest BCUT2D eigenvalue weighted by Crippen LogP contribution is -2.41. The van der Waals surface area contributed by atoms with Gasteiger partial charge < -0.3 is 25.0 Å². The molecule has 2 unspecified atom stereocenters. The molecule has 2 atom stereocenters. The van der Waals surface area contributed by atoms with Crippen LogP contribution in [0.1, 0.15) is 28.5 Å². The first-order valence-electron chi connectivity index (χ1n) is 10.0. The molecule has 1 aromatic heterocycles. The molecular weight excluding hydrogens is 511 g/mol. The topological polar surface area (TPSA) is 58.1 Å². The number of hydrogen-bond donors (Lipinski definition) is 2. The number of aliphatic imine (C=N–C) groups is 1. The lowest BCUT2D eigenvalue weighted by atomic mass is 10.1. The van der Waals surface area contributed by atoms with Gasteiger partial charge in [-0.25, -0.2) is 0 Å². The quantitative estimate of drug-likeness (QED) is 0.301. The number of ether oxygens (including phenoxy) is 2. The Morgan fingerprint density at radius 3 is 2.80 bits per heavy atom. The average molecular weight is 545 g/mol. The third kappa shape index (κ3) is 7.11. The van der Waals surface area contributed by atoms with Crippen LogP contribution < -0.4 is 15.4 Å².